The molecule has 0 radical (unpaired) electrons. The van der Waals surface area contributed by atoms with Crippen LogP contribution in [0.5, 0.6) is 0 Å². The van der Waals surface area contributed by atoms with Gasteiger partial charge in [-0.05, 0) is 38.0 Å². The molecule has 1 rings (SSSR count). The average molecular weight is 326 g/mol. The Hall–Kier alpha value is -0.480. The molecule has 1 aromatic carbocycles. The molecule has 0 aromatic heterocycles. The van der Waals surface area contributed by atoms with Crippen molar-refractivity contribution in [3.63, 3.8) is 0 Å². The van der Waals surface area contributed by atoms with Crippen LogP contribution in [0.15, 0.2) is 18.2 Å². The highest BCUT2D eigenvalue weighted by atomic mass is 35.5. The number of hydrogen-bond donors (Lipinski definition) is 2. The van der Waals surface area contributed by atoms with Crippen LogP contribution in [-0.4, -0.2) is 18.0 Å². The SMILES string of the molecule is CC(N)CC(=O)NC(C)Cc1ccc(Cl)cc1Cl.Cl. The van der Waals surface area contributed by atoms with Crippen molar-refractivity contribution >= 4 is 41.5 Å². The fourth-order valence-corrected chi connectivity index (χ4v) is 2.18. The molecule has 0 aliphatic carbocycles. The van der Waals surface area contributed by atoms with Gasteiger partial charge in [0.2, 0.25) is 5.91 Å². The minimum absolute atomic E-state index is 0. The van der Waals surface area contributed by atoms with E-state index in [0.29, 0.717) is 22.9 Å². The first-order valence-corrected chi connectivity index (χ1v) is 6.63. The molecule has 0 heterocycles. The van der Waals surface area contributed by atoms with Crippen LogP contribution in [0.4, 0.5) is 0 Å². The second-order valence-corrected chi connectivity index (χ2v) is 5.43. The first kappa shape index (κ1) is 18.5. The van der Waals surface area contributed by atoms with Gasteiger partial charge in [-0.2, -0.15) is 0 Å². The number of benzene rings is 1. The van der Waals surface area contributed by atoms with Crippen molar-refractivity contribution in [1.82, 2.24) is 5.32 Å². The van der Waals surface area contributed by atoms with Gasteiger partial charge in [-0.15, -0.1) is 12.4 Å². The van der Waals surface area contributed by atoms with Crippen molar-refractivity contribution in [3.05, 3.63) is 33.8 Å². The van der Waals surface area contributed by atoms with Crippen LogP contribution in [-0.2, 0) is 11.2 Å². The normalized spacial score (nSPS) is 13.3. The van der Waals surface area contributed by atoms with E-state index in [2.05, 4.69) is 5.32 Å². The number of hydrogen-bond acceptors (Lipinski definition) is 2. The molecule has 1 aromatic rings. The summed E-state index contributed by atoms with van der Waals surface area (Å²) in [5.74, 6) is -0.0393. The van der Waals surface area contributed by atoms with Crippen molar-refractivity contribution in [2.45, 2.75) is 38.8 Å². The van der Waals surface area contributed by atoms with E-state index in [1.807, 2.05) is 13.0 Å². The van der Waals surface area contributed by atoms with Crippen molar-refractivity contribution in [1.29, 1.82) is 0 Å². The van der Waals surface area contributed by atoms with Crippen LogP contribution in [0.1, 0.15) is 25.8 Å². The van der Waals surface area contributed by atoms with Crippen LogP contribution in [0.2, 0.25) is 10.0 Å². The Morgan fingerprint density at radius 2 is 2.00 bits per heavy atom. The summed E-state index contributed by atoms with van der Waals surface area (Å²) in [6.07, 6.45) is 0.999. The van der Waals surface area contributed by atoms with Gasteiger partial charge in [0.05, 0.1) is 0 Å². The standard InChI is InChI=1S/C13H18Cl2N2O.ClH/c1-8(16)5-13(18)17-9(2)6-10-3-4-11(14)7-12(10)15;/h3-4,7-9H,5-6,16H2,1-2H3,(H,17,18);1H. The number of carbonyl (C=O) groups excluding carboxylic acids is 1. The molecule has 6 heteroatoms. The lowest BCUT2D eigenvalue weighted by Crippen LogP contribution is -2.37. The zero-order valence-corrected chi connectivity index (χ0v) is 13.3. The van der Waals surface area contributed by atoms with Crippen LogP contribution in [0, 0.1) is 0 Å². The van der Waals surface area contributed by atoms with Crippen molar-refractivity contribution in [2.75, 3.05) is 0 Å². The van der Waals surface area contributed by atoms with Crippen LogP contribution in [0.25, 0.3) is 0 Å². The number of rotatable bonds is 5. The van der Waals surface area contributed by atoms with Crippen LogP contribution >= 0.6 is 35.6 Å². The molecule has 0 saturated carbocycles. The van der Waals surface area contributed by atoms with Gasteiger partial charge >= 0.3 is 0 Å². The van der Waals surface area contributed by atoms with E-state index in [4.69, 9.17) is 28.9 Å². The van der Waals surface area contributed by atoms with Gasteiger partial charge in [-0.25, -0.2) is 0 Å². The molecule has 1 amide bonds. The van der Waals surface area contributed by atoms with Gasteiger partial charge in [-0.1, -0.05) is 29.3 Å². The van der Waals surface area contributed by atoms with Gasteiger partial charge < -0.3 is 11.1 Å². The first-order chi connectivity index (χ1) is 8.38. The third-order valence-corrected chi connectivity index (χ3v) is 3.04. The molecule has 0 aliphatic rings. The third kappa shape index (κ3) is 7.02. The maximum atomic E-state index is 11.5. The molecule has 3 nitrogen and oxygen atoms in total. The summed E-state index contributed by atoms with van der Waals surface area (Å²) in [5, 5.41) is 4.12. The summed E-state index contributed by atoms with van der Waals surface area (Å²) in [7, 11) is 0. The molecule has 0 spiro atoms. The van der Waals surface area contributed by atoms with Gasteiger partial charge in [0, 0.05) is 28.5 Å². The largest absolute Gasteiger partial charge is 0.353 e. The van der Waals surface area contributed by atoms with Crippen molar-refractivity contribution in [2.24, 2.45) is 5.73 Å². The van der Waals surface area contributed by atoms with E-state index >= 15 is 0 Å². The van der Waals surface area contributed by atoms with E-state index in [0.717, 1.165) is 5.56 Å². The maximum absolute atomic E-state index is 11.5. The predicted octanol–water partition coefficient (Wildman–Crippen LogP) is 3.20. The third-order valence-electron chi connectivity index (χ3n) is 2.46. The summed E-state index contributed by atoms with van der Waals surface area (Å²) < 4.78 is 0. The molecule has 0 aliphatic heterocycles. The topological polar surface area (TPSA) is 55.1 Å². The molecular weight excluding hydrogens is 307 g/mol. The summed E-state index contributed by atoms with van der Waals surface area (Å²) in [5.41, 5.74) is 6.53. The first-order valence-electron chi connectivity index (χ1n) is 5.87. The minimum atomic E-state index is -0.128. The Bertz CT molecular complexity index is 424. The van der Waals surface area contributed by atoms with E-state index < -0.39 is 0 Å². The zero-order valence-electron chi connectivity index (χ0n) is 11.0. The predicted molar refractivity (Wildman–Crippen MR) is 83.3 cm³/mol. The van der Waals surface area contributed by atoms with E-state index in [9.17, 15) is 4.79 Å². The summed E-state index contributed by atoms with van der Waals surface area (Å²) in [4.78, 5) is 11.5. The summed E-state index contributed by atoms with van der Waals surface area (Å²) in [6.45, 7) is 3.74. The summed E-state index contributed by atoms with van der Waals surface area (Å²) in [6, 6.07) is 5.25. The van der Waals surface area contributed by atoms with Crippen molar-refractivity contribution in [3.8, 4) is 0 Å². The number of nitrogens with two attached hydrogens (primary N) is 1. The highest BCUT2D eigenvalue weighted by Gasteiger charge is 2.11. The number of carbonyl (C=O) groups is 1. The van der Waals surface area contributed by atoms with E-state index in [1.54, 1.807) is 19.1 Å². The van der Waals surface area contributed by atoms with Crippen LogP contribution < -0.4 is 11.1 Å². The Morgan fingerprint density at radius 1 is 1.37 bits per heavy atom. The lowest BCUT2D eigenvalue weighted by Gasteiger charge is -2.15. The highest BCUT2D eigenvalue weighted by molar-refractivity contribution is 6.35. The molecule has 2 unspecified atom stereocenters. The summed E-state index contributed by atoms with van der Waals surface area (Å²) >= 11 is 11.9. The van der Waals surface area contributed by atoms with Gasteiger partial charge in [-0.3, -0.25) is 4.79 Å². The monoisotopic (exact) mass is 324 g/mol. The molecule has 0 bridgehead atoms. The van der Waals surface area contributed by atoms with Gasteiger partial charge in [0.25, 0.3) is 0 Å². The maximum Gasteiger partial charge on any atom is 0.221 e. The number of amides is 1. The molecule has 0 fully saturated rings. The number of halogens is 3. The zero-order chi connectivity index (χ0) is 13.7. The minimum Gasteiger partial charge on any atom is -0.353 e. The molecule has 0 saturated heterocycles. The van der Waals surface area contributed by atoms with E-state index in [1.165, 1.54) is 0 Å². The molecule has 2 atom stereocenters. The molecular formula is C13H19Cl3N2O. The lowest BCUT2D eigenvalue weighted by atomic mass is 10.1. The smallest absolute Gasteiger partial charge is 0.221 e. The Morgan fingerprint density at radius 3 is 2.53 bits per heavy atom. The molecule has 19 heavy (non-hydrogen) atoms. The Labute approximate surface area is 130 Å². The quantitative estimate of drug-likeness (QED) is 0.873. The average Bonchev–Trinajstić information content (AvgIpc) is 2.20. The van der Waals surface area contributed by atoms with Gasteiger partial charge in [0.1, 0.15) is 0 Å². The van der Waals surface area contributed by atoms with E-state index in [-0.39, 0.29) is 30.4 Å². The van der Waals surface area contributed by atoms with Crippen molar-refractivity contribution < 1.29 is 4.79 Å². The van der Waals surface area contributed by atoms with Crippen LogP contribution in [0.3, 0.4) is 0 Å². The molecule has 3 N–H and O–H groups in total. The fourth-order valence-electron chi connectivity index (χ4n) is 1.69. The molecule has 108 valence electrons. The second kappa shape index (κ2) is 8.64. The Kier molecular flexibility index (Phi) is 8.42. The van der Waals surface area contributed by atoms with Gasteiger partial charge in [0.15, 0.2) is 0 Å². The number of nitrogens with one attached hydrogen (secondary N) is 1. The Balaban J connectivity index is 0.00000324. The lowest BCUT2D eigenvalue weighted by molar-refractivity contribution is -0.121. The highest BCUT2D eigenvalue weighted by Crippen LogP contribution is 2.22. The second-order valence-electron chi connectivity index (χ2n) is 4.59. The fraction of sp³-hybridized carbons (Fsp3) is 0.462.